The standard InChI is InChI=1S/C22H17N5O2/c1-2-25-17-10-6-3-7-13(17)11-18(25)19-16(12-23)20(24)27-22(29)15-9-5-4-8-14(15)21(28)26(19)27/h3-11,19H,2,24H2,1H3. The molecular formula is C22H17N5O2. The maximum Gasteiger partial charge on any atom is 0.279 e. The lowest BCUT2D eigenvalue weighted by Gasteiger charge is -2.18. The summed E-state index contributed by atoms with van der Waals surface area (Å²) in [5.41, 5.74) is 7.40. The molecule has 2 N–H and O–H groups in total. The second-order valence-corrected chi connectivity index (χ2v) is 7.00. The molecule has 0 fully saturated rings. The number of benzene rings is 2. The molecule has 1 atom stereocenters. The molecule has 0 saturated heterocycles. The van der Waals surface area contributed by atoms with Gasteiger partial charge in [0.05, 0.1) is 10.8 Å². The van der Waals surface area contributed by atoms with Crippen LogP contribution in [0.2, 0.25) is 0 Å². The monoisotopic (exact) mass is 383 g/mol. The van der Waals surface area contributed by atoms with Gasteiger partial charge in [-0.1, -0.05) is 30.3 Å². The third kappa shape index (κ3) is 2.11. The number of para-hydroxylation sites is 1. The molecule has 2 aromatic heterocycles. The van der Waals surface area contributed by atoms with E-state index in [1.165, 1.54) is 4.68 Å². The molecule has 4 aromatic rings. The molecule has 0 aliphatic carbocycles. The SMILES string of the molecule is CCn1c(C2C(C#N)=C(N)n3c(=O)c4ccccc4c(=O)n32)cc2ccccc21. The van der Waals surface area contributed by atoms with Crippen molar-refractivity contribution in [2.75, 3.05) is 0 Å². The van der Waals surface area contributed by atoms with Crippen molar-refractivity contribution in [2.24, 2.45) is 5.73 Å². The lowest BCUT2D eigenvalue weighted by Crippen LogP contribution is -2.38. The number of nitriles is 1. The average molecular weight is 383 g/mol. The van der Waals surface area contributed by atoms with Crippen molar-refractivity contribution in [2.45, 2.75) is 19.5 Å². The van der Waals surface area contributed by atoms with E-state index in [2.05, 4.69) is 6.07 Å². The maximum atomic E-state index is 13.4. The number of fused-ring (bicyclic) bond motifs is 3. The van der Waals surface area contributed by atoms with Gasteiger partial charge < -0.3 is 10.3 Å². The molecule has 5 rings (SSSR count). The van der Waals surface area contributed by atoms with Crippen LogP contribution in [0.1, 0.15) is 18.7 Å². The summed E-state index contributed by atoms with van der Waals surface area (Å²) in [6.45, 7) is 2.64. The van der Waals surface area contributed by atoms with Gasteiger partial charge in [0, 0.05) is 17.8 Å². The summed E-state index contributed by atoms with van der Waals surface area (Å²) in [7, 11) is 0. The molecule has 3 heterocycles. The van der Waals surface area contributed by atoms with Crippen LogP contribution in [0.4, 0.5) is 0 Å². The molecule has 29 heavy (non-hydrogen) atoms. The van der Waals surface area contributed by atoms with Crippen LogP contribution in [0.3, 0.4) is 0 Å². The number of allylic oxidation sites excluding steroid dienone is 1. The first-order valence-electron chi connectivity index (χ1n) is 9.33. The minimum Gasteiger partial charge on any atom is -0.383 e. The molecule has 7 heteroatoms. The third-order valence-electron chi connectivity index (χ3n) is 5.59. The fraction of sp³-hybridized carbons (Fsp3) is 0.136. The Hall–Kier alpha value is -4.05. The van der Waals surface area contributed by atoms with Crippen molar-refractivity contribution in [3.05, 3.63) is 86.6 Å². The quantitative estimate of drug-likeness (QED) is 0.574. The first-order chi connectivity index (χ1) is 14.1. The van der Waals surface area contributed by atoms with Crippen molar-refractivity contribution in [1.29, 1.82) is 5.26 Å². The van der Waals surface area contributed by atoms with Crippen LogP contribution in [0.25, 0.3) is 27.5 Å². The Morgan fingerprint density at radius 3 is 2.38 bits per heavy atom. The highest BCUT2D eigenvalue weighted by Crippen LogP contribution is 2.35. The van der Waals surface area contributed by atoms with Gasteiger partial charge in [0.2, 0.25) is 0 Å². The van der Waals surface area contributed by atoms with E-state index in [1.807, 2.05) is 41.8 Å². The fourth-order valence-electron chi connectivity index (χ4n) is 4.32. The van der Waals surface area contributed by atoms with Crippen molar-refractivity contribution < 1.29 is 0 Å². The van der Waals surface area contributed by atoms with E-state index in [4.69, 9.17) is 5.73 Å². The fourth-order valence-corrected chi connectivity index (χ4v) is 4.32. The van der Waals surface area contributed by atoms with Crippen molar-refractivity contribution >= 4 is 27.5 Å². The lowest BCUT2D eigenvalue weighted by molar-refractivity contribution is 0.514. The number of hydrogen-bond acceptors (Lipinski definition) is 4. The number of nitrogens with zero attached hydrogens (tertiary/aromatic N) is 4. The van der Waals surface area contributed by atoms with Gasteiger partial charge >= 0.3 is 0 Å². The first kappa shape index (κ1) is 17.1. The number of hydrogen-bond donors (Lipinski definition) is 1. The average Bonchev–Trinajstić information content (AvgIpc) is 3.26. The second-order valence-electron chi connectivity index (χ2n) is 7.00. The highest BCUT2D eigenvalue weighted by molar-refractivity contribution is 5.83. The van der Waals surface area contributed by atoms with Crippen molar-refractivity contribution in [3.63, 3.8) is 0 Å². The molecule has 0 bridgehead atoms. The van der Waals surface area contributed by atoms with Crippen LogP contribution in [-0.2, 0) is 6.54 Å². The molecule has 1 aliphatic heterocycles. The van der Waals surface area contributed by atoms with Crippen LogP contribution in [0.15, 0.2) is 69.8 Å². The molecular weight excluding hydrogens is 366 g/mol. The van der Waals surface area contributed by atoms with Crippen LogP contribution in [-0.4, -0.2) is 13.9 Å². The Kier molecular flexibility index (Phi) is 3.52. The van der Waals surface area contributed by atoms with Crippen LogP contribution < -0.4 is 16.9 Å². The number of aryl methyl sites for hydroxylation is 1. The molecule has 142 valence electrons. The van der Waals surface area contributed by atoms with Gasteiger partial charge in [0.1, 0.15) is 23.5 Å². The molecule has 0 spiro atoms. The van der Waals surface area contributed by atoms with Crippen LogP contribution >= 0.6 is 0 Å². The molecule has 0 saturated carbocycles. The van der Waals surface area contributed by atoms with E-state index >= 15 is 0 Å². The molecule has 1 unspecified atom stereocenters. The van der Waals surface area contributed by atoms with Gasteiger partial charge in [0.25, 0.3) is 11.1 Å². The maximum absolute atomic E-state index is 13.4. The number of rotatable bonds is 2. The molecule has 0 radical (unpaired) electrons. The normalized spacial score (nSPS) is 15.8. The topological polar surface area (TPSA) is 98.7 Å². The molecule has 0 amide bonds. The van der Waals surface area contributed by atoms with E-state index < -0.39 is 11.6 Å². The minimum atomic E-state index is -0.767. The summed E-state index contributed by atoms with van der Waals surface area (Å²) in [5, 5.41) is 11.5. The Morgan fingerprint density at radius 1 is 1.03 bits per heavy atom. The molecule has 2 aromatic carbocycles. The summed E-state index contributed by atoms with van der Waals surface area (Å²) >= 11 is 0. The zero-order valence-corrected chi connectivity index (χ0v) is 15.7. The van der Waals surface area contributed by atoms with E-state index in [-0.39, 0.29) is 22.3 Å². The predicted molar refractivity (Wildman–Crippen MR) is 111 cm³/mol. The van der Waals surface area contributed by atoms with E-state index in [1.54, 1.807) is 24.3 Å². The lowest BCUT2D eigenvalue weighted by atomic mass is 10.1. The van der Waals surface area contributed by atoms with Gasteiger partial charge in [-0.2, -0.15) is 9.94 Å². The van der Waals surface area contributed by atoms with Crippen LogP contribution in [0, 0.1) is 11.3 Å². The third-order valence-corrected chi connectivity index (χ3v) is 5.59. The van der Waals surface area contributed by atoms with Gasteiger partial charge in [0.15, 0.2) is 0 Å². The highest BCUT2D eigenvalue weighted by Gasteiger charge is 2.36. The summed E-state index contributed by atoms with van der Waals surface area (Å²) in [6, 6.07) is 17.8. The minimum absolute atomic E-state index is 0.00161. The number of aromatic nitrogens is 3. The Balaban J connectivity index is 1.94. The summed E-state index contributed by atoms with van der Waals surface area (Å²) in [4.78, 5) is 26.5. The first-order valence-corrected chi connectivity index (χ1v) is 9.33. The second kappa shape index (κ2) is 5.97. The highest BCUT2D eigenvalue weighted by atomic mass is 16.2. The van der Waals surface area contributed by atoms with Crippen molar-refractivity contribution in [1.82, 2.24) is 13.9 Å². The zero-order chi connectivity index (χ0) is 20.3. The van der Waals surface area contributed by atoms with Gasteiger partial charge in [-0.3, -0.25) is 9.59 Å². The van der Waals surface area contributed by atoms with Gasteiger partial charge in [-0.25, -0.2) is 4.68 Å². The Labute approximate surface area is 165 Å². The zero-order valence-electron chi connectivity index (χ0n) is 15.7. The molecule has 1 aliphatic rings. The predicted octanol–water partition coefficient (Wildman–Crippen LogP) is 2.39. The summed E-state index contributed by atoms with van der Waals surface area (Å²) in [5.74, 6) is -0.00161. The van der Waals surface area contributed by atoms with Crippen LogP contribution in [0.5, 0.6) is 0 Å². The van der Waals surface area contributed by atoms with E-state index in [0.29, 0.717) is 11.9 Å². The Bertz CT molecular complexity index is 1510. The summed E-state index contributed by atoms with van der Waals surface area (Å²) in [6.07, 6.45) is 0. The largest absolute Gasteiger partial charge is 0.383 e. The Morgan fingerprint density at radius 2 is 1.69 bits per heavy atom. The number of nitrogens with two attached hydrogens (primary N) is 1. The van der Waals surface area contributed by atoms with E-state index in [0.717, 1.165) is 21.3 Å². The van der Waals surface area contributed by atoms with Crippen molar-refractivity contribution in [3.8, 4) is 6.07 Å². The van der Waals surface area contributed by atoms with Gasteiger partial charge in [-0.05, 0) is 36.6 Å². The molecule has 7 nitrogen and oxygen atoms in total. The van der Waals surface area contributed by atoms with E-state index in [9.17, 15) is 14.9 Å². The summed E-state index contributed by atoms with van der Waals surface area (Å²) < 4.78 is 4.51. The smallest absolute Gasteiger partial charge is 0.279 e. The van der Waals surface area contributed by atoms with Gasteiger partial charge in [-0.15, -0.1) is 0 Å².